The topological polar surface area (TPSA) is 214 Å². The van der Waals surface area contributed by atoms with Gasteiger partial charge in [-0.1, -0.05) is 74.4 Å². The number of rotatable bonds is 8. The largest absolute Gasteiger partial charge is 2.00 e. The second-order valence-corrected chi connectivity index (χ2v) is 13.0. The first-order valence-electron chi connectivity index (χ1n) is 16.4. The van der Waals surface area contributed by atoms with E-state index in [0.29, 0.717) is 5.69 Å². The zero-order valence-corrected chi connectivity index (χ0v) is 33.0. The van der Waals surface area contributed by atoms with Gasteiger partial charge >= 0.3 is 43.6 Å². The van der Waals surface area contributed by atoms with Gasteiger partial charge in [-0.25, -0.2) is 24.6 Å². The summed E-state index contributed by atoms with van der Waals surface area (Å²) in [6.45, 7) is 6.50. The van der Waals surface area contributed by atoms with Crippen molar-refractivity contribution >= 4 is 42.7 Å². The first-order chi connectivity index (χ1) is 26.9. The van der Waals surface area contributed by atoms with Crippen molar-refractivity contribution in [2.24, 2.45) is 0 Å². The summed E-state index contributed by atoms with van der Waals surface area (Å²) in [5, 5.41) is 42.7. The monoisotopic (exact) mass is 895 g/mol. The van der Waals surface area contributed by atoms with E-state index in [2.05, 4.69) is 87.8 Å². The number of halogens is 3. The van der Waals surface area contributed by atoms with Crippen LogP contribution in [0, 0.1) is 10.7 Å². The predicted octanol–water partition coefficient (Wildman–Crippen LogP) is 7.90. The van der Waals surface area contributed by atoms with Crippen LogP contribution in [0.25, 0.3) is 46.3 Å². The van der Waals surface area contributed by atoms with Crippen molar-refractivity contribution in [2.45, 2.75) is 32.4 Å². The number of thiocyanates is 1. The Kier molecular flexibility index (Phi) is 15.7. The number of alkyl halides is 3. The Morgan fingerprint density at radius 1 is 0.690 bits per heavy atom. The van der Waals surface area contributed by atoms with Gasteiger partial charge in [0.25, 0.3) is 0 Å². The van der Waals surface area contributed by atoms with Crippen LogP contribution in [-0.4, -0.2) is 58.3 Å². The van der Waals surface area contributed by atoms with E-state index in [1.807, 2.05) is 12.2 Å². The van der Waals surface area contributed by atoms with Crippen LogP contribution in [0.4, 0.5) is 13.2 Å². The van der Waals surface area contributed by atoms with E-state index in [9.17, 15) is 32.7 Å². The predicted molar refractivity (Wildman–Crippen MR) is 204 cm³/mol. The number of aromatic carboxylic acids is 3. The third kappa shape index (κ3) is 12.7. The van der Waals surface area contributed by atoms with Crippen molar-refractivity contribution in [3.63, 3.8) is 0 Å². The zero-order valence-electron chi connectivity index (χ0n) is 30.5. The molecule has 0 amide bonds. The van der Waals surface area contributed by atoms with Gasteiger partial charge in [0.2, 0.25) is 0 Å². The van der Waals surface area contributed by atoms with Gasteiger partial charge in [0.05, 0.1) is 39.5 Å². The minimum Gasteiger partial charge on any atom is -0.696 e. The molecule has 0 bridgehead atoms. The molecular formula is C40H30F3N7O6RuS. The molecule has 0 saturated heterocycles. The van der Waals surface area contributed by atoms with Crippen LogP contribution in [0.3, 0.4) is 0 Å². The summed E-state index contributed by atoms with van der Waals surface area (Å²) in [5.74, 6) is -3.56. The Labute approximate surface area is 347 Å². The van der Waals surface area contributed by atoms with E-state index in [4.69, 9.17) is 15.5 Å². The number of hydrogen-bond acceptors (Lipinski definition) is 10. The van der Waals surface area contributed by atoms with Crippen molar-refractivity contribution in [3.05, 3.63) is 137 Å². The standard InChI is InChI=1S/C21H19F3N3.C18H11N3O6.CHNS.Ru/c1-20(2,3)16-9-6-14(7-10-16)4-5-15-8-11-17(25-13-15)18-12-19(27-26-18)21(22,23)24;22-16(23)9-1-3-19-12(5-9)14-7-11(18(26)27)8-15(21-14)13-6-10(17(24)25)2-4-20-13;2-1-3;/h4-13H,1-3H3;1-8H,(H,22,23)(H,24,25)(H,26,27);3H;/q-1;;;+2/p-1/b5-4+;;;. The molecular weight excluding hydrogens is 865 g/mol. The van der Waals surface area contributed by atoms with E-state index in [0.717, 1.165) is 17.2 Å². The van der Waals surface area contributed by atoms with Crippen LogP contribution in [0.1, 0.15) is 74.2 Å². The van der Waals surface area contributed by atoms with Crippen molar-refractivity contribution in [1.29, 1.82) is 5.26 Å². The number of nitrogens with zero attached hydrogens (tertiary/aromatic N) is 7. The molecule has 0 aliphatic carbocycles. The third-order valence-electron chi connectivity index (χ3n) is 7.73. The SMILES string of the molecule is CC(C)(C)c1ccc(/C=C/c2ccc(-c3cc(C(F)(F)F)n[n-]3)nc2)cc1.N#C[S-].O=C(O)c1ccnc(-c2cc(C(=O)O)cc(-c3cc(C(=O)O)ccn3)n2)c1.[Ru+2]. The Hall–Kier alpha value is -6.70. The van der Waals surface area contributed by atoms with Crippen LogP contribution in [0.5, 0.6) is 0 Å². The van der Waals surface area contributed by atoms with Gasteiger partial charge in [-0.2, -0.15) is 13.2 Å². The molecule has 5 heterocycles. The summed E-state index contributed by atoms with van der Waals surface area (Å²) in [6.07, 6.45) is 3.51. The maximum Gasteiger partial charge on any atom is 2.00 e. The van der Waals surface area contributed by atoms with Crippen LogP contribution in [0.2, 0.25) is 0 Å². The van der Waals surface area contributed by atoms with Gasteiger partial charge in [-0.3, -0.25) is 15.0 Å². The molecule has 296 valence electrons. The van der Waals surface area contributed by atoms with E-state index < -0.39 is 29.8 Å². The van der Waals surface area contributed by atoms with Crippen LogP contribution >= 0.6 is 0 Å². The van der Waals surface area contributed by atoms with Crippen molar-refractivity contribution in [3.8, 4) is 39.6 Å². The second kappa shape index (κ2) is 19.9. The molecule has 0 radical (unpaired) electrons. The third-order valence-corrected chi connectivity index (χ3v) is 7.73. The molecule has 0 fully saturated rings. The summed E-state index contributed by atoms with van der Waals surface area (Å²) in [7, 11) is 0. The Morgan fingerprint density at radius 3 is 1.57 bits per heavy atom. The number of benzene rings is 1. The average Bonchev–Trinajstić information content (AvgIpc) is 3.69. The van der Waals surface area contributed by atoms with Gasteiger partial charge in [0.1, 0.15) is 5.69 Å². The Morgan fingerprint density at radius 2 is 1.16 bits per heavy atom. The van der Waals surface area contributed by atoms with Crippen LogP contribution < -0.4 is 5.10 Å². The number of pyridine rings is 4. The molecule has 13 nitrogen and oxygen atoms in total. The molecule has 0 spiro atoms. The Bertz CT molecular complexity index is 2390. The molecule has 0 unspecified atom stereocenters. The van der Waals surface area contributed by atoms with E-state index in [1.54, 1.807) is 18.3 Å². The minimum absolute atomic E-state index is 0. The summed E-state index contributed by atoms with van der Waals surface area (Å²) in [4.78, 5) is 50.3. The molecule has 0 aliphatic heterocycles. The molecule has 1 aromatic carbocycles. The first-order valence-corrected chi connectivity index (χ1v) is 16.8. The minimum atomic E-state index is -4.50. The number of carboxylic acids is 3. The van der Waals surface area contributed by atoms with E-state index in [-0.39, 0.29) is 70.1 Å². The van der Waals surface area contributed by atoms with Gasteiger partial charge < -0.3 is 38.1 Å². The quantitative estimate of drug-likeness (QED) is 0.0753. The second-order valence-electron chi connectivity index (χ2n) is 12.8. The van der Waals surface area contributed by atoms with E-state index in [1.165, 1.54) is 59.8 Å². The molecule has 3 N–H and O–H groups in total. The van der Waals surface area contributed by atoms with Crippen molar-refractivity contribution < 1.29 is 62.4 Å². The van der Waals surface area contributed by atoms with Crippen molar-refractivity contribution in [1.82, 2.24) is 30.1 Å². The van der Waals surface area contributed by atoms with Crippen LogP contribution in [-0.2, 0) is 43.7 Å². The number of aromatic nitrogens is 6. The van der Waals surface area contributed by atoms with Gasteiger partial charge in [-0.15, -0.1) is 0 Å². The summed E-state index contributed by atoms with van der Waals surface area (Å²) in [6, 6.07) is 20.3. The Balaban J connectivity index is 0.000000286. The fraction of sp³-hybridized carbons (Fsp3) is 0.125. The maximum atomic E-state index is 12.6. The van der Waals surface area contributed by atoms with Gasteiger partial charge in [0.15, 0.2) is 0 Å². The molecule has 5 aromatic heterocycles. The normalized spacial score (nSPS) is 10.8. The molecule has 6 aromatic rings. The molecule has 0 atom stereocenters. The maximum absolute atomic E-state index is 12.6. The summed E-state index contributed by atoms with van der Waals surface area (Å²) in [5.41, 5.74) is 3.09. The molecule has 0 saturated carbocycles. The molecule has 18 heteroatoms. The molecule has 6 rings (SSSR count). The number of nitriles is 1. The number of hydrogen-bond donors (Lipinski definition) is 3. The van der Waals surface area contributed by atoms with Gasteiger partial charge in [-0.05, 0) is 70.6 Å². The number of carboxylic acid groups (broad SMARTS) is 3. The molecule has 0 aliphatic rings. The average molecular weight is 895 g/mol. The molecule has 58 heavy (non-hydrogen) atoms. The summed E-state index contributed by atoms with van der Waals surface area (Å²) < 4.78 is 37.8. The first kappa shape index (κ1) is 45.7. The summed E-state index contributed by atoms with van der Waals surface area (Å²) >= 11 is 3.70. The van der Waals surface area contributed by atoms with E-state index >= 15 is 0 Å². The number of carbonyl (C=O) groups is 3. The zero-order chi connectivity index (χ0) is 41.9. The fourth-order valence-corrected chi connectivity index (χ4v) is 4.82. The van der Waals surface area contributed by atoms with Crippen molar-refractivity contribution in [2.75, 3.05) is 0 Å². The van der Waals surface area contributed by atoms with Gasteiger partial charge in [0, 0.05) is 24.3 Å². The smallest absolute Gasteiger partial charge is 0.696 e. The fourth-order valence-electron chi connectivity index (χ4n) is 4.82. The van der Waals surface area contributed by atoms with Crippen LogP contribution in [0.15, 0.2) is 97.5 Å².